The predicted molar refractivity (Wildman–Crippen MR) is 106 cm³/mol. The normalized spacial score (nSPS) is 20.2. The molecule has 1 N–H and O–H groups in total. The van der Waals surface area contributed by atoms with Gasteiger partial charge < -0.3 is 15.0 Å². The maximum absolute atomic E-state index is 12.8. The van der Waals surface area contributed by atoms with Crippen molar-refractivity contribution in [3.05, 3.63) is 18.0 Å². The van der Waals surface area contributed by atoms with Gasteiger partial charge >= 0.3 is 0 Å². The third-order valence-corrected chi connectivity index (χ3v) is 5.14. The van der Waals surface area contributed by atoms with Crippen molar-refractivity contribution in [3.8, 4) is 0 Å². The fraction of sp³-hybridized carbons (Fsp3) is 0.765. The molecule has 150 valence electrons. The number of piperidine rings is 1. The zero-order chi connectivity index (χ0) is 16.9. The standard InChI is InChI=1S/C17H29N5O2.2ClH/c1-18-16(15-11-19-20(2)13-15)17(23)22-5-3-14(4-6-22)12-21-7-9-24-10-8-21;;/h11,13-14,16,18H,3-10,12H2,1-2H3;2*1H. The van der Waals surface area contributed by atoms with E-state index in [2.05, 4.69) is 15.3 Å². The molecule has 3 heterocycles. The fourth-order valence-corrected chi connectivity index (χ4v) is 3.69. The van der Waals surface area contributed by atoms with Crippen LogP contribution < -0.4 is 5.32 Å². The quantitative estimate of drug-likeness (QED) is 0.791. The fourth-order valence-electron chi connectivity index (χ4n) is 3.69. The van der Waals surface area contributed by atoms with E-state index in [1.54, 1.807) is 10.9 Å². The number of nitrogens with one attached hydrogen (secondary N) is 1. The number of halogens is 2. The number of morpholine rings is 1. The van der Waals surface area contributed by atoms with Crippen molar-refractivity contribution in [3.63, 3.8) is 0 Å². The Hall–Kier alpha value is -0.860. The molecule has 2 saturated heterocycles. The van der Waals surface area contributed by atoms with E-state index in [0.29, 0.717) is 5.92 Å². The first-order valence-corrected chi connectivity index (χ1v) is 8.92. The summed E-state index contributed by atoms with van der Waals surface area (Å²) in [6.07, 6.45) is 5.85. The second-order valence-corrected chi connectivity index (χ2v) is 6.85. The van der Waals surface area contributed by atoms with Crippen LogP contribution >= 0.6 is 24.8 Å². The molecule has 2 aliphatic heterocycles. The van der Waals surface area contributed by atoms with Crippen molar-refractivity contribution in [1.29, 1.82) is 0 Å². The van der Waals surface area contributed by atoms with E-state index in [1.165, 1.54) is 0 Å². The van der Waals surface area contributed by atoms with E-state index >= 15 is 0 Å². The number of rotatable bonds is 5. The van der Waals surface area contributed by atoms with Gasteiger partial charge in [0.05, 0.1) is 19.4 Å². The summed E-state index contributed by atoms with van der Waals surface area (Å²) in [5, 5.41) is 7.32. The van der Waals surface area contributed by atoms with Crippen molar-refractivity contribution in [2.45, 2.75) is 18.9 Å². The highest BCUT2D eigenvalue weighted by molar-refractivity contribution is 5.85. The van der Waals surface area contributed by atoms with Gasteiger partial charge in [0.15, 0.2) is 0 Å². The van der Waals surface area contributed by atoms with Crippen LogP contribution in [0.15, 0.2) is 12.4 Å². The van der Waals surface area contributed by atoms with Gasteiger partial charge in [0.1, 0.15) is 6.04 Å². The van der Waals surface area contributed by atoms with Crippen molar-refractivity contribution in [1.82, 2.24) is 24.9 Å². The SMILES string of the molecule is CNC(C(=O)N1CCC(CN2CCOCC2)CC1)c1cnn(C)c1.Cl.Cl. The van der Waals surface area contributed by atoms with Crippen molar-refractivity contribution in [2.75, 3.05) is 53.0 Å². The summed E-state index contributed by atoms with van der Waals surface area (Å²) < 4.78 is 7.15. The number of amides is 1. The number of hydrogen-bond donors (Lipinski definition) is 1. The van der Waals surface area contributed by atoms with Gasteiger partial charge in [-0.05, 0) is 25.8 Å². The molecule has 0 aromatic carbocycles. The number of nitrogens with zero attached hydrogens (tertiary/aromatic N) is 4. The lowest BCUT2D eigenvalue weighted by molar-refractivity contribution is -0.135. The third kappa shape index (κ3) is 5.82. The molecule has 1 amide bonds. The molecule has 2 aliphatic rings. The number of likely N-dealkylation sites (tertiary alicyclic amines) is 1. The Labute approximate surface area is 168 Å². The molecule has 0 radical (unpaired) electrons. The van der Waals surface area contributed by atoms with Gasteiger partial charge in [-0.1, -0.05) is 0 Å². The van der Waals surface area contributed by atoms with Crippen LogP contribution in [0.5, 0.6) is 0 Å². The molecule has 0 saturated carbocycles. The second kappa shape index (κ2) is 11.1. The monoisotopic (exact) mass is 407 g/mol. The maximum atomic E-state index is 12.8. The minimum atomic E-state index is -0.297. The summed E-state index contributed by atoms with van der Waals surface area (Å²) in [4.78, 5) is 17.3. The van der Waals surface area contributed by atoms with Crippen LogP contribution in [0.1, 0.15) is 24.4 Å². The van der Waals surface area contributed by atoms with Crippen LogP contribution in [0.3, 0.4) is 0 Å². The van der Waals surface area contributed by atoms with E-state index in [-0.39, 0.29) is 36.8 Å². The number of likely N-dealkylation sites (N-methyl/N-ethyl adjacent to an activating group) is 1. The minimum Gasteiger partial charge on any atom is -0.379 e. The van der Waals surface area contributed by atoms with E-state index in [1.807, 2.05) is 25.2 Å². The molecule has 2 fully saturated rings. The van der Waals surface area contributed by atoms with E-state index in [0.717, 1.165) is 64.3 Å². The van der Waals surface area contributed by atoms with Crippen LogP contribution in [0, 0.1) is 5.92 Å². The summed E-state index contributed by atoms with van der Waals surface area (Å²) in [5.41, 5.74) is 0.931. The lowest BCUT2D eigenvalue weighted by Gasteiger charge is -2.37. The van der Waals surface area contributed by atoms with Crippen molar-refractivity contribution < 1.29 is 9.53 Å². The number of aromatic nitrogens is 2. The van der Waals surface area contributed by atoms with Gasteiger partial charge in [0.25, 0.3) is 0 Å². The molecule has 9 heteroatoms. The molecule has 7 nitrogen and oxygen atoms in total. The Morgan fingerprint density at radius 1 is 1.27 bits per heavy atom. The minimum absolute atomic E-state index is 0. The summed E-state index contributed by atoms with van der Waals surface area (Å²) in [6.45, 7) is 6.64. The Morgan fingerprint density at radius 2 is 1.92 bits per heavy atom. The number of ether oxygens (including phenoxy) is 1. The van der Waals surface area contributed by atoms with Gasteiger partial charge in [-0.2, -0.15) is 5.10 Å². The zero-order valence-electron chi connectivity index (χ0n) is 15.6. The van der Waals surface area contributed by atoms with Gasteiger partial charge in [-0.15, -0.1) is 24.8 Å². The molecule has 1 aromatic rings. The van der Waals surface area contributed by atoms with Gasteiger partial charge in [0, 0.05) is 51.5 Å². The van der Waals surface area contributed by atoms with Gasteiger partial charge in [0.2, 0.25) is 5.91 Å². The number of carbonyl (C=O) groups excluding carboxylic acids is 1. The highest BCUT2D eigenvalue weighted by Gasteiger charge is 2.29. The Bertz CT molecular complexity index is 543. The average molecular weight is 408 g/mol. The molecule has 1 aromatic heterocycles. The molecule has 0 aliphatic carbocycles. The molecular formula is C17H31Cl2N5O2. The molecule has 1 unspecified atom stereocenters. The number of aryl methyl sites for hydroxylation is 1. The first-order valence-electron chi connectivity index (χ1n) is 8.92. The molecule has 0 bridgehead atoms. The second-order valence-electron chi connectivity index (χ2n) is 6.85. The van der Waals surface area contributed by atoms with Crippen molar-refractivity contribution in [2.24, 2.45) is 13.0 Å². The van der Waals surface area contributed by atoms with Gasteiger partial charge in [-0.3, -0.25) is 14.4 Å². The first kappa shape index (κ1) is 23.2. The smallest absolute Gasteiger partial charge is 0.244 e. The Morgan fingerprint density at radius 3 is 2.46 bits per heavy atom. The highest BCUT2D eigenvalue weighted by atomic mass is 35.5. The summed E-state index contributed by atoms with van der Waals surface area (Å²) in [5.74, 6) is 0.855. The van der Waals surface area contributed by atoms with Crippen molar-refractivity contribution >= 4 is 30.7 Å². The molecule has 3 rings (SSSR count). The lowest BCUT2D eigenvalue weighted by atomic mass is 9.95. The highest BCUT2D eigenvalue weighted by Crippen LogP contribution is 2.22. The zero-order valence-corrected chi connectivity index (χ0v) is 17.2. The summed E-state index contributed by atoms with van der Waals surface area (Å²) in [6, 6.07) is -0.297. The number of hydrogen-bond acceptors (Lipinski definition) is 5. The number of carbonyl (C=O) groups is 1. The van der Waals surface area contributed by atoms with Crippen LogP contribution in [0.25, 0.3) is 0 Å². The first-order chi connectivity index (χ1) is 11.7. The van der Waals surface area contributed by atoms with E-state index in [9.17, 15) is 4.79 Å². The maximum Gasteiger partial charge on any atom is 0.244 e. The van der Waals surface area contributed by atoms with Gasteiger partial charge in [-0.25, -0.2) is 0 Å². The summed E-state index contributed by atoms with van der Waals surface area (Å²) in [7, 11) is 3.71. The van der Waals surface area contributed by atoms with Crippen LogP contribution in [0.2, 0.25) is 0 Å². The third-order valence-electron chi connectivity index (χ3n) is 5.14. The molecule has 0 spiro atoms. The van der Waals surface area contributed by atoms with Crippen LogP contribution in [-0.4, -0.2) is 78.5 Å². The Kier molecular flexibility index (Phi) is 9.89. The topological polar surface area (TPSA) is 62.6 Å². The molecule has 1 atom stereocenters. The Balaban J connectivity index is 0.00000169. The van der Waals surface area contributed by atoms with Crippen LogP contribution in [0.4, 0.5) is 0 Å². The van der Waals surface area contributed by atoms with E-state index < -0.39 is 0 Å². The average Bonchev–Trinajstić information content (AvgIpc) is 3.03. The summed E-state index contributed by atoms with van der Waals surface area (Å²) >= 11 is 0. The predicted octanol–water partition coefficient (Wildman–Crippen LogP) is 1.09. The molecule has 26 heavy (non-hydrogen) atoms. The largest absolute Gasteiger partial charge is 0.379 e. The lowest BCUT2D eigenvalue weighted by Crippen LogP contribution is -2.46. The van der Waals surface area contributed by atoms with Crippen LogP contribution in [-0.2, 0) is 16.6 Å². The molecular weight excluding hydrogens is 377 g/mol. The van der Waals surface area contributed by atoms with E-state index in [4.69, 9.17) is 4.74 Å².